The normalized spacial score (nSPS) is 11.4. The maximum absolute atomic E-state index is 10.9. The van der Waals surface area contributed by atoms with Gasteiger partial charge in [0, 0.05) is 5.57 Å². The van der Waals surface area contributed by atoms with Crippen LogP contribution < -0.4 is 5.73 Å². The Bertz CT molecular complexity index is 152. The molecule has 0 amide bonds. The van der Waals surface area contributed by atoms with Gasteiger partial charge in [-0.2, -0.15) is 0 Å². The summed E-state index contributed by atoms with van der Waals surface area (Å²) in [6.45, 7) is 4.51. The Labute approximate surface area is 67.2 Å². The molecule has 0 aliphatic heterocycles. The van der Waals surface area contributed by atoms with Gasteiger partial charge >= 0.3 is 5.97 Å². The smallest absolute Gasteiger partial charge is 0.333 e. The van der Waals surface area contributed by atoms with Gasteiger partial charge < -0.3 is 10.5 Å². The highest BCUT2D eigenvalue weighted by Crippen LogP contribution is 1.97. The molecule has 0 radical (unpaired) electrons. The molecule has 0 saturated carbocycles. The van der Waals surface area contributed by atoms with E-state index in [1.807, 2.05) is 0 Å². The Kier molecular flexibility index (Phi) is 5.47. The molecular weight excluding hydrogens is 142 g/mol. The summed E-state index contributed by atoms with van der Waals surface area (Å²) in [7, 11) is 0. The molecule has 0 aromatic heterocycles. The van der Waals surface area contributed by atoms with Gasteiger partial charge in [-0.05, 0) is 26.8 Å². The van der Waals surface area contributed by atoms with Gasteiger partial charge in [-0.25, -0.2) is 4.79 Å². The van der Waals surface area contributed by atoms with Crippen LogP contribution in [0.3, 0.4) is 0 Å². The largest absolute Gasteiger partial charge is 0.463 e. The number of rotatable bonds is 4. The van der Waals surface area contributed by atoms with E-state index in [1.165, 1.54) is 0 Å². The Morgan fingerprint density at radius 3 is 2.73 bits per heavy atom. The lowest BCUT2D eigenvalue weighted by Gasteiger charge is -2.00. The van der Waals surface area contributed by atoms with E-state index in [0.717, 1.165) is 6.42 Å². The fraction of sp³-hybridized carbons (Fsp3) is 0.625. The van der Waals surface area contributed by atoms with Crippen LogP contribution in [0.1, 0.15) is 20.3 Å². The molecule has 0 bridgehead atoms. The molecule has 0 atom stereocenters. The summed E-state index contributed by atoms with van der Waals surface area (Å²) in [6, 6.07) is 0. The molecule has 0 aliphatic carbocycles. The Morgan fingerprint density at radius 2 is 2.27 bits per heavy atom. The quantitative estimate of drug-likeness (QED) is 0.486. The second-order valence-electron chi connectivity index (χ2n) is 2.18. The molecule has 64 valence electrons. The van der Waals surface area contributed by atoms with E-state index in [0.29, 0.717) is 18.7 Å². The number of esters is 1. The van der Waals surface area contributed by atoms with Crippen LogP contribution in [0.25, 0.3) is 0 Å². The van der Waals surface area contributed by atoms with E-state index < -0.39 is 0 Å². The zero-order valence-electron chi connectivity index (χ0n) is 7.09. The van der Waals surface area contributed by atoms with Gasteiger partial charge in [0.1, 0.15) is 0 Å². The molecule has 3 nitrogen and oxygen atoms in total. The minimum atomic E-state index is -0.249. The average molecular weight is 157 g/mol. The van der Waals surface area contributed by atoms with Crippen molar-refractivity contribution in [1.82, 2.24) is 0 Å². The fourth-order valence-electron chi connectivity index (χ4n) is 0.628. The lowest BCUT2D eigenvalue weighted by Crippen LogP contribution is -2.06. The lowest BCUT2D eigenvalue weighted by atomic mass is 10.2. The summed E-state index contributed by atoms with van der Waals surface area (Å²) in [6.07, 6.45) is 2.52. The van der Waals surface area contributed by atoms with E-state index in [2.05, 4.69) is 0 Å². The van der Waals surface area contributed by atoms with Crippen LogP contribution in [0.2, 0.25) is 0 Å². The number of carbonyl (C=O) groups is 1. The first kappa shape index (κ1) is 10.2. The Hall–Kier alpha value is -0.830. The number of carbonyl (C=O) groups excluding carboxylic acids is 1. The molecule has 0 spiro atoms. The first-order chi connectivity index (χ1) is 5.22. The number of hydrogen-bond donors (Lipinski definition) is 1. The zero-order valence-corrected chi connectivity index (χ0v) is 7.09. The summed E-state index contributed by atoms with van der Waals surface area (Å²) in [5.74, 6) is -0.249. The standard InChI is InChI=1S/C8H15NO2/c1-3-11-8(10)7(2)5-4-6-9/h5H,3-4,6,9H2,1-2H3. The molecule has 2 N–H and O–H groups in total. The summed E-state index contributed by atoms with van der Waals surface area (Å²) < 4.78 is 4.75. The maximum atomic E-state index is 10.9. The SMILES string of the molecule is CCOC(=O)C(C)=CCCN. The second kappa shape index (κ2) is 5.92. The zero-order chi connectivity index (χ0) is 8.69. The highest BCUT2D eigenvalue weighted by atomic mass is 16.5. The molecule has 0 saturated heterocycles. The Morgan fingerprint density at radius 1 is 1.64 bits per heavy atom. The molecule has 0 aromatic carbocycles. The van der Waals surface area contributed by atoms with Crippen molar-refractivity contribution < 1.29 is 9.53 Å². The predicted molar refractivity (Wildman–Crippen MR) is 44.1 cm³/mol. The molecule has 0 fully saturated rings. The van der Waals surface area contributed by atoms with Crippen LogP contribution in [0, 0.1) is 0 Å². The van der Waals surface area contributed by atoms with Crippen LogP contribution in [0.15, 0.2) is 11.6 Å². The summed E-state index contributed by atoms with van der Waals surface area (Å²) in [5, 5.41) is 0. The summed E-state index contributed by atoms with van der Waals surface area (Å²) in [5.41, 5.74) is 5.89. The topological polar surface area (TPSA) is 52.3 Å². The van der Waals surface area contributed by atoms with E-state index in [9.17, 15) is 4.79 Å². The second-order valence-corrected chi connectivity index (χ2v) is 2.18. The minimum Gasteiger partial charge on any atom is -0.463 e. The molecule has 11 heavy (non-hydrogen) atoms. The molecule has 0 rings (SSSR count). The van der Waals surface area contributed by atoms with Crippen molar-refractivity contribution in [3.63, 3.8) is 0 Å². The van der Waals surface area contributed by atoms with E-state index in [4.69, 9.17) is 10.5 Å². The third-order valence-electron chi connectivity index (χ3n) is 1.21. The first-order valence-electron chi connectivity index (χ1n) is 3.76. The Balaban J connectivity index is 3.80. The van der Waals surface area contributed by atoms with Gasteiger partial charge in [0.05, 0.1) is 6.61 Å². The maximum Gasteiger partial charge on any atom is 0.333 e. The van der Waals surface area contributed by atoms with Crippen LogP contribution in [0.5, 0.6) is 0 Å². The van der Waals surface area contributed by atoms with E-state index in [-0.39, 0.29) is 5.97 Å². The number of ether oxygens (including phenoxy) is 1. The van der Waals surface area contributed by atoms with Crippen molar-refractivity contribution in [2.45, 2.75) is 20.3 Å². The van der Waals surface area contributed by atoms with Crippen molar-refractivity contribution >= 4 is 5.97 Å². The molecular formula is C8H15NO2. The van der Waals surface area contributed by atoms with Gasteiger partial charge in [0.2, 0.25) is 0 Å². The fourth-order valence-corrected chi connectivity index (χ4v) is 0.628. The highest BCUT2D eigenvalue weighted by Gasteiger charge is 2.01. The van der Waals surface area contributed by atoms with Crippen LogP contribution in [-0.4, -0.2) is 19.1 Å². The molecule has 0 heterocycles. The predicted octanol–water partition coefficient (Wildman–Crippen LogP) is 0.845. The van der Waals surface area contributed by atoms with Crippen molar-refractivity contribution in [2.75, 3.05) is 13.2 Å². The molecule has 3 heteroatoms. The molecule has 0 aromatic rings. The highest BCUT2D eigenvalue weighted by molar-refractivity contribution is 5.87. The van der Waals surface area contributed by atoms with Gasteiger partial charge in [-0.3, -0.25) is 0 Å². The van der Waals surface area contributed by atoms with Crippen LogP contribution in [0.4, 0.5) is 0 Å². The number of nitrogens with two attached hydrogens (primary N) is 1. The van der Waals surface area contributed by atoms with Crippen molar-refractivity contribution in [1.29, 1.82) is 0 Å². The average Bonchev–Trinajstić information content (AvgIpc) is 2.00. The third kappa shape index (κ3) is 4.56. The third-order valence-corrected chi connectivity index (χ3v) is 1.21. The van der Waals surface area contributed by atoms with Crippen molar-refractivity contribution in [3.8, 4) is 0 Å². The summed E-state index contributed by atoms with van der Waals surface area (Å²) in [4.78, 5) is 10.9. The van der Waals surface area contributed by atoms with Crippen LogP contribution >= 0.6 is 0 Å². The lowest BCUT2D eigenvalue weighted by molar-refractivity contribution is -0.138. The minimum absolute atomic E-state index is 0.249. The van der Waals surface area contributed by atoms with Gasteiger partial charge in [-0.1, -0.05) is 6.08 Å². The van der Waals surface area contributed by atoms with Crippen LogP contribution in [-0.2, 0) is 9.53 Å². The monoisotopic (exact) mass is 157 g/mol. The van der Waals surface area contributed by atoms with Gasteiger partial charge in [0.25, 0.3) is 0 Å². The molecule has 0 unspecified atom stereocenters. The van der Waals surface area contributed by atoms with Gasteiger partial charge in [-0.15, -0.1) is 0 Å². The van der Waals surface area contributed by atoms with Crippen molar-refractivity contribution in [2.24, 2.45) is 5.73 Å². The first-order valence-corrected chi connectivity index (χ1v) is 3.76. The van der Waals surface area contributed by atoms with E-state index >= 15 is 0 Å². The van der Waals surface area contributed by atoms with E-state index in [1.54, 1.807) is 19.9 Å². The number of hydrogen-bond acceptors (Lipinski definition) is 3. The summed E-state index contributed by atoms with van der Waals surface area (Å²) >= 11 is 0. The van der Waals surface area contributed by atoms with Gasteiger partial charge in [0.15, 0.2) is 0 Å². The molecule has 0 aliphatic rings. The van der Waals surface area contributed by atoms with Crippen molar-refractivity contribution in [3.05, 3.63) is 11.6 Å².